The summed E-state index contributed by atoms with van der Waals surface area (Å²) >= 11 is 0. The third kappa shape index (κ3) is 4.12. The first-order valence-corrected chi connectivity index (χ1v) is 7.51. The van der Waals surface area contributed by atoms with Crippen LogP contribution in [0.1, 0.15) is 32.6 Å². The van der Waals surface area contributed by atoms with Crippen molar-refractivity contribution < 1.29 is 9.63 Å². The number of aliphatic hydroxyl groups is 1. The van der Waals surface area contributed by atoms with Crippen LogP contribution in [0.15, 0.2) is 34.9 Å². The van der Waals surface area contributed by atoms with Crippen LogP contribution in [0, 0.1) is 0 Å². The second-order valence-corrected chi connectivity index (χ2v) is 5.04. The number of nitrogens with zero attached hydrogens (tertiary/aromatic N) is 3. The van der Waals surface area contributed by atoms with Gasteiger partial charge in [0.15, 0.2) is 0 Å². The maximum atomic E-state index is 9.23. The maximum absolute atomic E-state index is 9.23. The Morgan fingerprint density at radius 3 is 2.52 bits per heavy atom. The summed E-state index contributed by atoms with van der Waals surface area (Å²) in [6, 6.07) is 10.2. The lowest BCUT2D eigenvalue weighted by molar-refractivity contribution is 0.122. The van der Waals surface area contributed by atoms with E-state index in [0.717, 1.165) is 18.4 Å². The highest BCUT2D eigenvalue weighted by Gasteiger charge is 2.18. The molecule has 1 aromatic carbocycles. The summed E-state index contributed by atoms with van der Waals surface area (Å²) in [6.45, 7) is 5.64. The summed E-state index contributed by atoms with van der Waals surface area (Å²) in [5.41, 5.74) is 0.948. The van der Waals surface area contributed by atoms with Crippen LogP contribution in [0.2, 0.25) is 0 Å². The van der Waals surface area contributed by atoms with Gasteiger partial charge in [0.2, 0.25) is 11.7 Å². The highest BCUT2D eigenvalue weighted by Crippen LogP contribution is 2.17. The van der Waals surface area contributed by atoms with Crippen LogP contribution in [0.3, 0.4) is 0 Å². The van der Waals surface area contributed by atoms with E-state index >= 15 is 0 Å². The molecule has 0 aliphatic heterocycles. The van der Waals surface area contributed by atoms with Gasteiger partial charge in [-0.3, -0.25) is 4.90 Å². The molecule has 0 amide bonds. The summed E-state index contributed by atoms with van der Waals surface area (Å²) in [5, 5.41) is 13.3. The summed E-state index contributed by atoms with van der Waals surface area (Å²) in [4.78, 5) is 6.65. The number of hydrogen-bond acceptors (Lipinski definition) is 5. The minimum absolute atomic E-state index is 0.135. The molecule has 0 unspecified atom stereocenters. The molecule has 0 saturated carbocycles. The largest absolute Gasteiger partial charge is 0.395 e. The summed E-state index contributed by atoms with van der Waals surface area (Å²) < 4.78 is 5.35. The first-order valence-electron chi connectivity index (χ1n) is 7.51. The van der Waals surface area contributed by atoms with Gasteiger partial charge in [0.25, 0.3) is 0 Å². The molecule has 21 heavy (non-hydrogen) atoms. The van der Waals surface area contributed by atoms with Gasteiger partial charge in [-0.2, -0.15) is 4.98 Å². The van der Waals surface area contributed by atoms with Crippen LogP contribution >= 0.6 is 0 Å². The molecule has 5 heteroatoms. The van der Waals surface area contributed by atoms with Crippen molar-refractivity contribution >= 4 is 0 Å². The van der Waals surface area contributed by atoms with Crippen LogP contribution in [-0.4, -0.2) is 39.3 Å². The van der Waals surface area contributed by atoms with Crippen molar-refractivity contribution in [2.75, 3.05) is 13.2 Å². The summed E-state index contributed by atoms with van der Waals surface area (Å²) in [5.74, 6) is 1.20. The molecule has 114 valence electrons. The number of hydrogen-bond donors (Lipinski definition) is 1. The van der Waals surface area contributed by atoms with E-state index in [1.165, 1.54) is 0 Å². The van der Waals surface area contributed by atoms with Gasteiger partial charge in [-0.15, -0.1) is 0 Å². The van der Waals surface area contributed by atoms with Crippen LogP contribution < -0.4 is 0 Å². The quantitative estimate of drug-likeness (QED) is 0.809. The smallest absolute Gasteiger partial charge is 0.241 e. The molecule has 0 aliphatic rings. The lowest BCUT2D eigenvalue weighted by atomic mass is 10.1. The second kappa shape index (κ2) is 7.90. The first kappa shape index (κ1) is 15.7. The molecule has 1 N–H and O–H groups in total. The van der Waals surface area contributed by atoms with Crippen LogP contribution in [0.4, 0.5) is 0 Å². The Labute approximate surface area is 125 Å². The minimum Gasteiger partial charge on any atom is -0.395 e. The molecule has 0 atom stereocenters. The Balaban J connectivity index is 2.09. The Hall–Kier alpha value is -1.72. The van der Waals surface area contributed by atoms with E-state index in [0.29, 0.717) is 30.8 Å². The molecule has 2 rings (SSSR count). The molecule has 5 nitrogen and oxygen atoms in total. The van der Waals surface area contributed by atoms with Gasteiger partial charge in [0.05, 0.1) is 13.2 Å². The predicted molar refractivity (Wildman–Crippen MR) is 81.6 cm³/mol. The standard InChI is InChI=1S/C16H23N3O2/c1-3-14(4-2)19(10-11-20)12-15-17-16(18-21-15)13-8-6-5-7-9-13/h5-9,14,20H,3-4,10-12H2,1-2H3. The van der Waals surface area contributed by atoms with Crippen molar-refractivity contribution in [3.8, 4) is 11.4 Å². The first-order chi connectivity index (χ1) is 10.3. The van der Waals surface area contributed by atoms with Gasteiger partial charge in [0.1, 0.15) is 0 Å². The van der Waals surface area contributed by atoms with Gasteiger partial charge >= 0.3 is 0 Å². The zero-order valence-corrected chi connectivity index (χ0v) is 12.7. The predicted octanol–water partition coefficient (Wildman–Crippen LogP) is 2.72. The number of rotatable bonds is 8. The average molecular weight is 289 g/mol. The Morgan fingerprint density at radius 1 is 1.19 bits per heavy atom. The topological polar surface area (TPSA) is 62.4 Å². The van der Waals surface area contributed by atoms with Crippen LogP contribution in [0.25, 0.3) is 11.4 Å². The summed E-state index contributed by atoms with van der Waals surface area (Å²) in [6.07, 6.45) is 2.08. The van der Waals surface area contributed by atoms with Gasteiger partial charge in [-0.1, -0.05) is 49.3 Å². The molecule has 2 aromatic rings. The Kier molecular flexibility index (Phi) is 5.90. The fourth-order valence-corrected chi connectivity index (χ4v) is 2.52. The van der Waals surface area contributed by atoms with E-state index in [1.54, 1.807) is 0 Å². The zero-order valence-electron chi connectivity index (χ0n) is 12.7. The fourth-order valence-electron chi connectivity index (χ4n) is 2.52. The number of benzene rings is 1. The molecule has 1 aromatic heterocycles. The molecular weight excluding hydrogens is 266 g/mol. The van der Waals surface area contributed by atoms with Gasteiger partial charge in [0, 0.05) is 18.2 Å². The van der Waals surface area contributed by atoms with E-state index in [9.17, 15) is 5.11 Å². The summed E-state index contributed by atoms with van der Waals surface area (Å²) in [7, 11) is 0. The Bertz CT molecular complexity index is 523. The van der Waals surface area contributed by atoms with Crippen molar-refractivity contribution in [3.05, 3.63) is 36.2 Å². The zero-order chi connectivity index (χ0) is 15.1. The van der Waals surface area contributed by atoms with E-state index in [-0.39, 0.29) is 6.61 Å². The third-order valence-electron chi connectivity index (χ3n) is 3.68. The number of aliphatic hydroxyl groups excluding tert-OH is 1. The molecule has 0 bridgehead atoms. The van der Waals surface area contributed by atoms with Crippen molar-refractivity contribution in [2.24, 2.45) is 0 Å². The SMILES string of the molecule is CCC(CC)N(CCO)Cc1nc(-c2ccccc2)no1. The fraction of sp³-hybridized carbons (Fsp3) is 0.500. The molecule has 0 fully saturated rings. The molecule has 1 heterocycles. The minimum atomic E-state index is 0.135. The third-order valence-corrected chi connectivity index (χ3v) is 3.68. The van der Waals surface area contributed by atoms with Gasteiger partial charge in [-0.05, 0) is 12.8 Å². The normalized spacial score (nSPS) is 11.5. The van der Waals surface area contributed by atoms with Gasteiger partial charge in [-0.25, -0.2) is 0 Å². The van der Waals surface area contributed by atoms with E-state index in [4.69, 9.17) is 4.52 Å². The van der Waals surface area contributed by atoms with Crippen molar-refractivity contribution in [3.63, 3.8) is 0 Å². The average Bonchev–Trinajstić information content (AvgIpc) is 2.98. The van der Waals surface area contributed by atoms with E-state index in [1.807, 2.05) is 30.3 Å². The van der Waals surface area contributed by atoms with Crippen LogP contribution in [-0.2, 0) is 6.54 Å². The van der Waals surface area contributed by atoms with Crippen LogP contribution in [0.5, 0.6) is 0 Å². The van der Waals surface area contributed by atoms with Crippen molar-refractivity contribution in [2.45, 2.75) is 39.3 Å². The van der Waals surface area contributed by atoms with Gasteiger partial charge < -0.3 is 9.63 Å². The Morgan fingerprint density at radius 2 is 1.90 bits per heavy atom. The highest BCUT2D eigenvalue weighted by atomic mass is 16.5. The molecule has 0 saturated heterocycles. The van der Waals surface area contributed by atoms with E-state index in [2.05, 4.69) is 28.9 Å². The second-order valence-electron chi connectivity index (χ2n) is 5.04. The molecule has 0 aliphatic carbocycles. The van der Waals surface area contributed by atoms with E-state index < -0.39 is 0 Å². The highest BCUT2D eigenvalue weighted by molar-refractivity contribution is 5.53. The molecule has 0 spiro atoms. The van der Waals surface area contributed by atoms with Crippen molar-refractivity contribution in [1.29, 1.82) is 0 Å². The maximum Gasteiger partial charge on any atom is 0.241 e. The lowest BCUT2D eigenvalue weighted by Gasteiger charge is -2.28. The molecular formula is C16H23N3O2. The molecule has 0 radical (unpaired) electrons. The lowest BCUT2D eigenvalue weighted by Crippen LogP contribution is -2.36. The van der Waals surface area contributed by atoms with Crippen molar-refractivity contribution in [1.82, 2.24) is 15.0 Å². The monoisotopic (exact) mass is 289 g/mol. The number of aromatic nitrogens is 2.